The Hall–Kier alpha value is -1.91. The minimum atomic E-state index is -0.743. The molecule has 0 heterocycles. The molecule has 0 aliphatic heterocycles. The number of unbranched alkanes of at least 4 members (excludes halogenated alkanes) is 1. The van der Waals surface area contributed by atoms with Gasteiger partial charge in [0.2, 0.25) is 0 Å². The second-order valence-corrected chi connectivity index (χ2v) is 3.57. The Morgan fingerprint density at radius 3 is 2.41 bits per heavy atom. The highest BCUT2D eigenvalue weighted by Gasteiger charge is 2.12. The molecule has 1 aromatic rings. The van der Waals surface area contributed by atoms with Crippen LogP contribution in [-0.2, 0) is 9.59 Å². The Labute approximate surface area is 99.2 Å². The van der Waals surface area contributed by atoms with Crippen LogP contribution in [0.5, 0.6) is 0 Å². The fourth-order valence-electron chi connectivity index (χ4n) is 1.18. The van der Waals surface area contributed by atoms with E-state index in [1.165, 1.54) is 24.3 Å². The molecule has 0 spiro atoms. The van der Waals surface area contributed by atoms with Crippen molar-refractivity contribution < 1.29 is 14.0 Å². The van der Waals surface area contributed by atoms with Crippen LogP contribution < -0.4 is 10.6 Å². The number of halogens is 1. The fraction of sp³-hybridized carbons (Fsp3) is 0.333. The molecule has 0 bridgehead atoms. The first kappa shape index (κ1) is 13.2. The predicted octanol–water partition coefficient (Wildman–Crippen LogP) is 1.68. The topological polar surface area (TPSA) is 58.2 Å². The third-order valence-electron chi connectivity index (χ3n) is 2.12. The summed E-state index contributed by atoms with van der Waals surface area (Å²) in [6.07, 6.45) is 1.77. The monoisotopic (exact) mass is 238 g/mol. The van der Waals surface area contributed by atoms with E-state index in [9.17, 15) is 14.0 Å². The van der Waals surface area contributed by atoms with Crippen molar-refractivity contribution in [2.45, 2.75) is 19.8 Å². The Morgan fingerprint density at radius 2 is 1.82 bits per heavy atom. The van der Waals surface area contributed by atoms with Gasteiger partial charge in [0.15, 0.2) is 0 Å². The van der Waals surface area contributed by atoms with Gasteiger partial charge in [-0.3, -0.25) is 9.59 Å². The summed E-state index contributed by atoms with van der Waals surface area (Å²) in [5.74, 6) is -1.81. The van der Waals surface area contributed by atoms with Crippen molar-refractivity contribution in [1.29, 1.82) is 0 Å². The zero-order valence-electron chi connectivity index (χ0n) is 9.63. The summed E-state index contributed by atoms with van der Waals surface area (Å²) in [4.78, 5) is 22.7. The van der Waals surface area contributed by atoms with Gasteiger partial charge in [-0.25, -0.2) is 4.39 Å². The molecule has 5 heteroatoms. The van der Waals surface area contributed by atoms with E-state index in [4.69, 9.17) is 0 Å². The molecule has 0 saturated carbocycles. The zero-order chi connectivity index (χ0) is 12.7. The normalized spacial score (nSPS) is 9.76. The van der Waals surface area contributed by atoms with Gasteiger partial charge in [-0.05, 0) is 30.7 Å². The lowest BCUT2D eigenvalue weighted by atomic mass is 10.3. The maximum Gasteiger partial charge on any atom is 0.313 e. The molecule has 92 valence electrons. The number of carbonyl (C=O) groups is 2. The first-order chi connectivity index (χ1) is 8.13. The maximum atomic E-state index is 12.6. The van der Waals surface area contributed by atoms with Gasteiger partial charge < -0.3 is 10.6 Å². The summed E-state index contributed by atoms with van der Waals surface area (Å²) >= 11 is 0. The van der Waals surface area contributed by atoms with Crippen molar-refractivity contribution in [3.63, 3.8) is 0 Å². The molecular formula is C12H15FN2O2. The molecule has 0 unspecified atom stereocenters. The number of hydrogen-bond acceptors (Lipinski definition) is 2. The highest BCUT2D eigenvalue weighted by Crippen LogP contribution is 2.07. The van der Waals surface area contributed by atoms with Crippen molar-refractivity contribution in [2.24, 2.45) is 0 Å². The van der Waals surface area contributed by atoms with Crippen LogP contribution in [0.15, 0.2) is 24.3 Å². The molecule has 1 aromatic carbocycles. The summed E-state index contributed by atoms with van der Waals surface area (Å²) in [7, 11) is 0. The smallest absolute Gasteiger partial charge is 0.313 e. The van der Waals surface area contributed by atoms with Crippen LogP contribution in [0.2, 0.25) is 0 Å². The molecule has 17 heavy (non-hydrogen) atoms. The van der Waals surface area contributed by atoms with Crippen LogP contribution in [0.1, 0.15) is 19.8 Å². The van der Waals surface area contributed by atoms with Gasteiger partial charge in [-0.15, -0.1) is 0 Å². The average molecular weight is 238 g/mol. The lowest BCUT2D eigenvalue weighted by Gasteiger charge is -2.05. The fourth-order valence-corrected chi connectivity index (χ4v) is 1.18. The van der Waals surface area contributed by atoms with Gasteiger partial charge >= 0.3 is 11.8 Å². The molecule has 1 rings (SSSR count). The Morgan fingerprint density at radius 1 is 1.18 bits per heavy atom. The van der Waals surface area contributed by atoms with Crippen LogP contribution >= 0.6 is 0 Å². The summed E-state index contributed by atoms with van der Waals surface area (Å²) in [5, 5.41) is 4.87. The molecule has 0 aliphatic carbocycles. The number of anilines is 1. The lowest BCUT2D eigenvalue weighted by Crippen LogP contribution is -2.35. The van der Waals surface area contributed by atoms with Crippen molar-refractivity contribution in [3.05, 3.63) is 30.1 Å². The Bertz CT molecular complexity index is 390. The summed E-state index contributed by atoms with van der Waals surface area (Å²) in [5.41, 5.74) is 0.391. The number of benzene rings is 1. The van der Waals surface area contributed by atoms with E-state index in [1.807, 2.05) is 6.92 Å². The van der Waals surface area contributed by atoms with E-state index in [-0.39, 0.29) is 0 Å². The van der Waals surface area contributed by atoms with Crippen molar-refractivity contribution >= 4 is 17.5 Å². The molecule has 0 aliphatic rings. The lowest BCUT2D eigenvalue weighted by molar-refractivity contribution is -0.136. The number of amides is 2. The van der Waals surface area contributed by atoms with Crippen LogP contribution in [0.4, 0.5) is 10.1 Å². The molecule has 0 aromatic heterocycles. The third-order valence-corrected chi connectivity index (χ3v) is 2.12. The standard InChI is InChI=1S/C12H15FN2O2/c1-2-3-8-14-11(16)12(17)15-10-6-4-9(13)5-7-10/h4-7H,2-3,8H2,1H3,(H,14,16)(H,15,17). The quantitative estimate of drug-likeness (QED) is 0.619. The Balaban J connectivity index is 2.43. The van der Waals surface area contributed by atoms with Crippen molar-refractivity contribution in [3.8, 4) is 0 Å². The van der Waals surface area contributed by atoms with Crippen molar-refractivity contribution in [1.82, 2.24) is 5.32 Å². The van der Waals surface area contributed by atoms with Crippen LogP contribution in [0, 0.1) is 5.82 Å². The van der Waals surface area contributed by atoms with Crippen LogP contribution in [-0.4, -0.2) is 18.4 Å². The van der Waals surface area contributed by atoms with Gasteiger partial charge in [-0.2, -0.15) is 0 Å². The molecule has 0 saturated heterocycles. The third kappa shape index (κ3) is 4.63. The molecular weight excluding hydrogens is 223 g/mol. The summed E-state index contributed by atoms with van der Waals surface area (Å²) in [6.45, 7) is 2.47. The second-order valence-electron chi connectivity index (χ2n) is 3.57. The molecule has 0 fully saturated rings. The van der Waals surface area contributed by atoms with Gasteiger partial charge in [0, 0.05) is 12.2 Å². The van der Waals surface area contributed by atoms with Crippen molar-refractivity contribution in [2.75, 3.05) is 11.9 Å². The zero-order valence-corrected chi connectivity index (χ0v) is 9.63. The highest BCUT2D eigenvalue weighted by molar-refractivity contribution is 6.39. The second kappa shape index (κ2) is 6.62. The first-order valence-electron chi connectivity index (χ1n) is 5.48. The predicted molar refractivity (Wildman–Crippen MR) is 62.9 cm³/mol. The van der Waals surface area contributed by atoms with E-state index in [0.29, 0.717) is 12.2 Å². The van der Waals surface area contributed by atoms with Crippen LogP contribution in [0.25, 0.3) is 0 Å². The minimum Gasteiger partial charge on any atom is -0.348 e. The van der Waals surface area contributed by atoms with E-state index in [0.717, 1.165) is 12.8 Å². The number of rotatable bonds is 4. The molecule has 0 atom stereocenters. The van der Waals surface area contributed by atoms with Gasteiger partial charge in [0.1, 0.15) is 5.82 Å². The maximum absolute atomic E-state index is 12.6. The highest BCUT2D eigenvalue weighted by atomic mass is 19.1. The number of carbonyl (C=O) groups excluding carboxylic acids is 2. The summed E-state index contributed by atoms with van der Waals surface area (Å²) in [6, 6.07) is 5.22. The largest absolute Gasteiger partial charge is 0.348 e. The van der Waals surface area contributed by atoms with E-state index in [2.05, 4.69) is 10.6 Å². The van der Waals surface area contributed by atoms with E-state index in [1.54, 1.807) is 0 Å². The van der Waals surface area contributed by atoms with Gasteiger partial charge in [-0.1, -0.05) is 13.3 Å². The molecule has 0 radical (unpaired) electrons. The summed E-state index contributed by atoms with van der Waals surface area (Å²) < 4.78 is 12.6. The average Bonchev–Trinajstić information content (AvgIpc) is 2.32. The number of hydrogen-bond donors (Lipinski definition) is 2. The van der Waals surface area contributed by atoms with E-state index < -0.39 is 17.6 Å². The Kier molecular flexibility index (Phi) is 5.13. The van der Waals surface area contributed by atoms with Gasteiger partial charge in [0.05, 0.1) is 0 Å². The number of nitrogens with one attached hydrogen (secondary N) is 2. The minimum absolute atomic E-state index is 0.391. The SMILES string of the molecule is CCCCNC(=O)C(=O)Nc1ccc(F)cc1. The van der Waals surface area contributed by atoms with Gasteiger partial charge in [0.25, 0.3) is 0 Å². The molecule has 2 amide bonds. The molecule has 4 nitrogen and oxygen atoms in total. The van der Waals surface area contributed by atoms with Crippen LogP contribution in [0.3, 0.4) is 0 Å². The first-order valence-corrected chi connectivity index (χ1v) is 5.48. The van der Waals surface area contributed by atoms with E-state index >= 15 is 0 Å². The molecule has 2 N–H and O–H groups in total.